The zero-order chi connectivity index (χ0) is 41.1. The average Bonchev–Trinajstić information content (AvgIpc) is 3.40. The van der Waals surface area contributed by atoms with Crippen molar-refractivity contribution in [1.82, 2.24) is 25.0 Å². The number of halogens is 5. The minimum atomic E-state index is -4.58. The number of aliphatic hydroxyl groups excluding tert-OH is 1. The fourth-order valence-electron chi connectivity index (χ4n) is 5.34. The molecule has 0 saturated carbocycles. The number of aromatic nitrogens is 4. The van der Waals surface area contributed by atoms with Crippen molar-refractivity contribution in [3.05, 3.63) is 101 Å². The van der Waals surface area contributed by atoms with Crippen LogP contribution in [0.5, 0.6) is 0 Å². The Morgan fingerprint density at radius 2 is 1.39 bits per heavy atom. The van der Waals surface area contributed by atoms with E-state index in [2.05, 4.69) is 32.2 Å². The average molecular weight is 953 g/mol. The van der Waals surface area contributed by atoms with E-state index in [4.69, 9.17) is 22.3 Å². The number of carbonyl (C=O) groups is 1. The molecule has 12 nitrogen and oxygen atoms in total. The molecule has 4 heterocycles. The van der Waals surface area contributed by atoms with Crippen LogP contribution in [0.3, 0.4) is 0 Å². The summed E-state index contributed by atoms with van der Waals surface area (Å²) < 4.78 is 63.5. The third kappa shape index (κ3) is 20.3. The molecule has 308 valence electrons. The van der Waals surface area contributed by atoms with Gasteiger partial charge in [0.05, 0.1) is 36.5 Å². The summed E-state index contributed by atoms with van der Waals surface area (Å²) in [6.45, 7) is 10.5. The van der Waals surface area contributed by atoms with Crippen molar-refractivity contribution in [2.24, 2.45) is 11.7 Å². The Morgan fingerprint density at radius 1 is 0.877 bits per heavy atom. The molecule has 2 aliphatic rings. The topological polar surface area (TPSA) is 200 Å². The van der Waals surface area contributed by atoms with Crippen LogP contribution in [0.1, 0.15) is 70.4 Å². The number of amides is 1. The summed E-state index contributed by atoms with van der Waals surface area (Å²) >= 11 is 0. The van der Waals surface area contributed by atoms with Crippen LogP contribution in [0.25, 0.3) is 39.6 Å². The van der Waals surface area contributed by atoms with Crippen LogP contribution >= 0.6 is 0 Å². The molecule has 0 spiro atoms. The van der Waals surface area contributed by atoms with E-state index < -0.39 is 23.4 Å². The van der Waals surface area contributed by atoms with Gasteiger partial charge in [0.1, 0.15) is 0 Å². The molecular formula is C38H49F5N9O3Y2-3. The van der Waals surface area contributed by atoms with Gasteiger partial charge in [-0.1, -0.05) is 63.6 Å². The Hall–Kier alpha value is -2.63. The summed E-state index contributed by atoms with van der Waals surface area (Å²) in [4.78, 5) is 25.4. The quantitative estimate of drug-likeness (QED) is 0.168. The predicted molar refractivity (Wildman–Crippen MR) is 201 cm³/mol. The summed E-state index contributed by atoms with van der Waals surface area (Å²) in [7, 11) is 0. The number of hydroxylamine groups is 2. The number of nitrogens with two attached hydrogens (primary N) is 1. The number of alkyl halides is 3. The molecule has 4 aromatic rings. The molecule has 2 aliphatic heterocycles. The summed E-state index contributed by atoms with van der Waals surface area (Å²) in [5.74, 6) is -0.778. The van der Waals surface area contributed by atoms with Crippen LogP contribution in [0, 0.1) is 24.5 Å². The van der Waals surface area contributed by atoms with Gasteiger partial charge in [-0.3, -0.25) is 4.79 Å². The van der Waals surface area contributed by atoms with E-state index in [1.54, 1.807) is 12.1 Å². The van der Waals surface area contributed by atoms with Crippen LogP contribution in [0.4, 0.5) is 33.3 Å². The number of rotatable bonds is 4. The zero-order valence-electron chi connectivity index (χ0n) is 32.5. The standard InChI is InChI=1S/C11H6F4N3.C11H9FN3.C8H16N2O2.C6H12NO.C2H6.2Y/c12-6-4-17-10(18-5-6)8-3-7(16)1-2-9(8)11(13,14)15;1-7-2-3-9(13)4-10(7)11-14-5-8(12)6-15-11;1-6-2-3-10(12)7(4-6)5-8(9)11;8-6-2-1-4-7-5-3-6;1-2;;/h1-5,16H;2-6,13H,1H3;6-7,12H,2-5H2,1H3,(H2,9,11);6,8H,1-5H2;1-2H3;;/q2*-1;;-1;;;. The Balaban J connectivity index is 0.000000737. The van der Waals surface area contributed by atoms with Crippen molar-refractivity contribution in [3.8, 4) is 22.8 Å². The molecule has 3 unspecified atom stereocenters. The van der Waals surface area contributed by atoms with Gasteiger partial charge in [-0.2, -0.15) is 18.2 Å². The minimum Gasteiger partial charge on any atom is -0.699 e. The molecule has 0 aliphatic carbocycles. The van der Waals surface area contributed by atoms with E-state index >= 15 is 0 Å². The summed E-state index contributed by atoms with van der Waals surface area (Å²) in [6, 6.07) is 7.93. The van der Waals surface area contributed by atoms with Crippen molar-refractivity contribution in [1.29, 1.82) is 0 Å². The third-order valence-electron chi connectivity index (χ3n) is 8.14. The largest absolute Gasteiger partial charge is 0.699 e. The van der Waals surface area contributed by atoms with Gasteiger partial charge < -0.3 is 32.8 Å². The predicted octanol–water partition coefficient (Wildman–Crippen LogP) is 9.54. The van der Waals surface area contributed by atoms with Gasteiger partial charge in [0.2, 0.25) is 5.91 Å². The van der Waals surface area contributed by atoms with Crippen LogP contribution in [0.2, 0.25) is 0 Å². The van der Waals surface area contributed by atoms with Gasteiger partial charge in [-0.15, -0.1) is 24.5 Å². The van der Waals surface area contributed by atoms with Crippen molar-refractivity contribution in [3.63, 3.8) is 0 Å². The number of carbonyl (C=O) groups excluding carboxylic acids is 1. The van der Waals surface area contributed by atoms with E-state index in [-0.39, 0.29) is 107 Å². The van der Waals surface area contributed by atoms with E-state index in [0.717, 1.165) is 99.3 Å². The maximum atomic E-state index is 12.8. The number of benzene rings is 2. The second-order valence-corrected chi connectivity index (χ2v) is 12.6. The fraction of sp³-hybridized carbons (Fsp3) is 0.447. The van der Waals surface area contributed by atoms with Gasteiger partial charge >= 0.3 is 6.18 Å². The molecule has 6 rings (SSSR count). The van der Waals surface area contributed by atoms with Crippen molar-refractivity contribution in [2.75, 3.05) is 19.6 Å². The number of primary amides is 1. The van der Waals surface area contributed by atoms with Crippen LogP contribution in [-0.2, 0) is 76.4 Å². The first-order chi connectivity index (χ1) is 26.0. The Labute approximate surface area is 381 Å². The van der Waals surface area contributed by atoms with Crippen LogP contribution < -0.4 is 5.73 Å². The van der Waals surface area contributed by atoms with Gasteiger partial charge in [0.15, 0.2) is 23.3 Å². The smallest absolute Gasteiger partial charge is 0.417 e. The summed E-state index contributed by atoms with van der Waals surface area (Å²) in [5, 5.41) is 23.8. The number of hydrogen-bond donors (Lipinski definition) is 3. The number of aryl methyl sites for hydroxylation is 1. The Kier molecular flexibility index (Phi) is 26.7. The molecule has 2 radical (unpaired) electrons. The fourth-order valence-corrected chi connectivity index (χ4v) is 5.34. The van der Waals surface area contributed by atoms with E-state index in [1.807, 2.05) is 26.8 Å². The SMILES string of the molecule is CC.CC1CCN(O)C(CC(N)=O)C1.Cc1ccc([NH-])cc1-c1ncc(F)cn1.OC1CCC[N-]CC1.[NH-]c1ccc(C(F)(F)F)c(-c2ncc(F)cn2)c1.[Y].[Y]. The van der Waals surface area contributed by atoms with Crippen LogP contribution in [0.15, 0.2) is 61.2 Å². The number of nitrogens with zero attached hydrogens (tertiary/aromatic N) is 6. The Morgan fingerprint density at radius 3 is 1.91 bits per heavy atom. The molecule has 1 amide bonds. The normalized spacial score (nSPS) is 17.6. The zero-order valence-corrected chi connectivity index (χ0v) is 38.2. The van der Waals surface area contributed by atoms with E-state index in [1.165, 1.54) is 5.06 Å². The molecule has 57 heavy (non-hydrogen) atoms. The number of nitrogens with one attached hydrogen (secondary N) is 2. The Bertz CT molecular complexity index is 1740. The first-order valence-electron chi connectivity index (χ1n) is 17.8. The number of aliphatic hydroxyl groups is 1. The van der Waals surface area contributed by atoms with Crippen molar-refractivity contribution < 1.29 is 102 Å². The van der Waals surface area contributed by atoms with Gasteiger partial charge in [-0.25, -0.2) is 28.7 Å². The number of hydrogen-bond acceptors (Lipinski definition) is 8. The maximum absolute atomic E-state index is 12.8. The maximum Gasteiger partial charge on any atom is 0.417 e. The monoisotopic (exact) mass is 952 g/mol. The summed E-state index contributed by atoms with van der Waals surface area (Å²) in [5.41, 5.74) is 20.6. The van der Waals surface area contributed by atoms with Crippen LogP contribution in [-0.4, -0.2) is 73.0 Å². The first kappa shape index (κ1) is 54.4. The molecule has 2 fully saturated rings. The van der Waals surface area contributed by atoms with Gasteiger partial charge in [0, 0.05) is 95.6 Å². The van der Waals surface area contributed by atoms with Crippen molar-refractivity contribution in [2.45, 2.75) is 84.5 Å². The molecule has 6 N–H and O–H groups in total. The second-order valence-electron chi connectivity index (χ2n) is 12.6. The molecular weight excluding hydrogens is 903 g/mol. The summed E-state index contributed by atoms with van der Waals surface area (Å²) in [6.07, 6.45) is 4.16. The molecule has 19 heteroatoms. The number of piperidine rings is 1. The molecule has 2 aromatic carbocycles. The van der Waals surface area contributed by atoms with Crippen molar-refractivity contribution >= 4 is 17.3 Å². The van der Waals surface area contributed by atoms with Gasteiger partial charge in [0.25, 0.3) is 0 Å². The molecule has 0 bridgehead atoms. The molecule has 2 aromatic heterocycles. The van der Waals surface area contributed by atoms with E-state index in [9.17, 15) is 32.0 Å². The van der Waals surface area contributed by atoms with Gasteiger partial charge in [-0.05, 0) is 44.1 Å². The first-order valence-corrected chi connectivity index (χ1v) is 17.8. The minimum absolute atomic E-state index is 0. The molecule has 3 atom stereocenters. The van der Waals surface area contributed by atoms with E-state index in [0.29, 0.717) is 24.0 Å². The second kappa shape index (κ2) is 27.9. The third-order valence-corrected chi connectivity index (χ3v) is 8.14. The molecule has 2 saturated heterocycles.